The number of carbonyl (C=O) groups is 2. The number of hydrogen-bond donors (Lipinski definition) is 2. The number of fused-ring (bicyclic) bond motifs is 2. The van der Waals surface area contributed by atoms with E-state index in [1.165, 1.54) is 4.90 Å². The molecule has 1 aliphatic heterocycles. The van der Waals surface area contributed by atoms with Crippen LogP contribution in [0.2, 0.25) is 0 Å². The number of H-pyrrole nitrogens is 1. The van der Waals surface area contributed by atoms with Crippen molar-refractivity contribution in [3.63, 3.8) is 0 Å². The minimum atomic E-state index is -0.429. The fourth-order valence-corrected chi connectivity index (χ4v) is 4.45. The van der Waals surface area contributed by atoms with Crippen molar-refractivity contribution in [1.82, 2.24) is 15.1 Å². The van der Waals surface area contributed by atoms with Gasteiger partial charge in [-0.25, -0.2) is 0 Å². The second-order valence-electron chi connectivity index (χ2n) is 6.83. The summed E-state index contributed by atoms with van der Waals surface area (Å²) in [5, 5.41) is 12.6. The minimum absolute atomic E-state index is 0.181. The van der Waals surface area contributed by atoms with E-state index in [-0.39, 0.29) is 12.5 Å². The monoisotopic (exact) mass is 400 g/mol. The molecule has 0 saturated carbocycles. The second kappa shape index (κ2) is 6.42. The number of nitrogens with two attached hydrogens (primary N) is 1. The van der Waals surface area contributed by atoms with Gasteiger partial charge in [-0.15, -0.1) is 0 Å². The van der Waals surface area contributed by atoms with Crippen LogP contribution in [0, 0.1) is 0 Å². The maximum Gasteiger partial charge on any atom is 0.263 e. The van der Waals surface area contributed by atoms with E-state index in [1.54, 1.807) is 17.4 Å². The molecule has 3 heterocycles. The van der Waals surface area contributed by atoms with Gasteiger partial charge in [0.1, 0.15) is 5.69 Å². The van der Waals surface area contributed by atoms with E-state index in [4.69, 9.17) is 5.73 Å². The van der Waals surface area contributed by atoms with Gasteiger partial charge in [0, 0.05) is 22.0 Å². The van der Waals surface area contributed by atoms with Gasteiger partial charge in [-0.1, -0.05) is 18.7 Å². The standard InChI is InChI=1S/C22H16N4O2S/c1-2-19(27)26-10-16-14(4-5-17(23)20(16)22(26)28)12-3-6-18-15(9-12)21(25-24-18)13-7-8-29-11-13/h2-9,11H,1,10,23H2,(H,24,25). The van der Waals surface area contributed by atoms with Crippen molar-refractivity contribution < 1.29 is 9.59 Å². The van der Waals surface area contributed by atoms with Gasteiger partial charge >= 0.3 is 0 Å². The molecule has 0 atom stereocenters. The fourth-order valence-electron chi connectivity index (χ4n) is 3.81. The lowest BCUT2D eigenvalue weighted by molar-refractivity contribution is -0.123. The van der Waals surface area contributed by atoms with Crippen LogP contribution in [0.4, 0.5) is 5.69 Å². The molecule has 0 radical (unpaired) electrons. The molecule has 3 N–H and O–H groups in total. The van der Waals surface area contributed by atoms with Crippen LogP contribution in [-0.4, -0.2) is 26.9 Å². The molecule has 29 heavy (non-hydrogen) atoms. The lowest BCUT2D eigenvalue weighted by Gasteiger charge is -2.11. The Morgan fingerprint density at radius 1 is 1.24 bits per heavy atom. The van der Waals surface area contributed by atoms with Crippen LogP contribution in [0.25, 0.3) is 33.3 Å². The maximum atomic E-state index is 12.7. The Morgan fingerprint density at radius 3 is 2.86 bits per heavy atom. The quantitative estimate of drug-likeness (QED) is 0.398. The number of imide groups is 1. The van der Waals surface area contributed by atoms with E-state index in [2.05, 4.69) is 28.2 Å². The van der Waals surface area contributed by atoms with E-state index in [9.17, 15) is 9.59 Å². The molecule has 2 aromatic carbocycles. The smallest absolute Gasteiger partial charge is 0.263 e. The molecule has 0 aliphatic carbocycles. The number of anilines is 1. The molecular weight excluding hydrogens is 384 g/mol. The first-order valence-corrected chi connectivity index (χ1v) is 9.93. The highest BCUT2D eigenvalue weighted by atomic mass is 32.1. The third-order valence-electron chi connectivity index (χ3n) is 5.23. The Labute approximate surface area is 170 Å². The number of benzene rings is 2. The summed E-state index contributed by atoms with van der Waals surface area (Å²) in [4.78, 5) is 26.0. The summed E-state index contributed by atoms with van der Waals surface area (Å²) in [6.45, 7) is 3.66. The Bertz CT molecular complexity index is 1300. The maximum absolute atomic E-state index is 12.7. The van der Waals surface area contributed by atoms with Crippen LogP contribution in [0.15, 0.2) is 59.8 Å². The Hall–Kier alpha value is -3.71. The van der Waals surface area contributed by atoms with Crippen molar-refractivity contribution >= 4 is 39.7 Å². The number of rotatable bonds is 3. The van der Waals surface area contributed by atoms with Gasteiger partial charge in [0.2, 0.25) is 0 Å². The molecule has 2 amide bonds. The minimum Gasteiger partial charge on any atom is -0.398 e. The molecule has 2 aromatic heterocycles. The van der Waals surface area contributed by atoms with E-state index >= 15 is 0 Å². The fraction of sp³-hybridized carbons (Fsp3) is 0.0455. The Morgan fingerprint density at radius 2 is 2.10 bits per heavy atom. The molecule has 1 aliphatic rings. The number of nitrogens with one attached hydrogen (secondary N) is 1. The lowest BCUT2D eigenvalue weighted by atomic mass is 9.94. The van der Waals surface area contributed by atoms with Gasteiger partial charge in [-0.05, 0) is 52.4 Å². The van der Waals surface area contributed by atoms with E-state index < -0.39 is 5.91 Å². The molecule has 6 nitrogen and oxygen atoms in total. The summed E-state index contributed by atoms with van der Waals surface area (Å²) >= 11 is 1.62. The third kappa shape index (κ3) is 2.59. The van der Waals surface area contributed by atoms with Gasteiger partial charge in [0.05, 0.1) is 17.6 Å². The first-order valence-electron chi connectivity index (χ1n) is 8.99. The Kier molecular flexibility index (Phi) is 3.85. The van der Waals surface area contributed by atoms with Crippen molar-refractivity contribution in [2.45, 2.75) is 6.54 Å². The van der Waals surface area contributed by atoms with Crippen LogP contribution in [0.1, 0.15) is 15.9 Å². The zero-order valence-electron chi connectivity index (χ0n) is 15.3. The number of thiophene rings is 1. The Balaban J connectivity index is 1.68. The van der Waals surface area contributed by atoms with Gasteiger partial charge < -0.3 is 5.73 Å². The van der Waals surface area contributed by atoms with Gasteiger partial charge in [0.25, 0.3) is 11.8 Å². The zero-order valence-corrected chi connectivity index (χ0v) is 16.1. The SMILES string of the molecule is C=CC(=O)N1Cc2c(-c3ccc4[nH]nc(-c5ccsc5)c4c3)ccc(N)c2C1=O. The normalized spacial score (nSPS) is 13.1. The number of carbonyl (C=O) groups excluding carboxylic acids is 2. The molecule has 4 aromatic rings. The van der Waals surface area contributed by atoms with Crippen LogP contribution in [0.3, 0.4) is 0 Å². The molecule has 0 unspecified atom stereocenters. The molecule has 0 bridgehead atoms. The van der Waals surface area contributed by atoms with Crippen molar-refractivity contribution in [2.24, 2.45) is 0 Å². The van der Waals surface area contributed by atoms with Crippen molar-refractivity contribution in [2.75, 3.05) is 5.73 Å². The highest BCUT2D eigenvalue weighted by Gasteiger charge is 2.34. The van der Waals surface area contributed by atoms with E-state index in [0.717, 1.165) is 44.9 Å². The van der Waals surface area contributed by atoms with Crippen molar-refractivity contribution in [1.29, 1.82) is 0 Å². The molecule has 0 spiro atoms. The highest BCUT2D eigenvalue weighted by molar-refractivity contribution is 7.08. The topological polar surface area (TPSA) is 92.1 Å². The van der Waals surface area contributed by atoms with Gasteiger partial charge in [-0.2, -0.15) is 16.4 Å². The molecule has 142 valence electrons. The number of amides is 2. The average Bonchev–Trinajstić information content (AvgIpc) is 3.46. The number of aromatic nitrogens is 2. The summed E-state index contributed by atoms with van der Waals surface area (Å²) in [6.07, 6.45) is 1.14. The summed E-state index contributed by atoms with van der Waals surface area (Å²) in [7, 11) is 0. The molecule has 7 heteroatoms. The van der Waals surface area contributed by atoms with E-state index in [0.29, 0.717) is 11.3 Å². The summed E-state index contributed by atoms with van der Waals surface area (Å²) in [5.74, 6) is -0.811. The molecule has 0 fully saturated rings. The third-order valence-corrected chi connectivity index (χ3v) is 5.91. The first kappa shape index (κ1) is 17.4. The van der Waals surface area contributed by atoms with Crippen LogP contribution >= 0.6 is 11.3 Å². The molecule has 0 saturated heterocycles. The number of aromatic amines is 1. The van der Waals surface area contributed by atoms with Crippen molar-refractivity contribution in [3.05, 3.63) is 70.9 Å². The summed E-state index contributed by atoms with van der Waals surface area (Å²) in [5.41, 5.74) is 12.3. The summed E-state index contributed by atoms with van der Waals surface area (Å²) < 4.78 is 0. The zero-order chi connectivity index (χ0) is 20.1. The predicted molar refractivity (Wildman–Crippen MR) is 114 cm³/mol. The number of hydrogen-bond acceptors (Lipinski definition) is 5. The van der Waals surface area contributed by atoms with Crippen LogP contribution in [0.5, 0.6) is 0 Å². The first-order chi connectivity index (χ1) is 14.1. The van der Waals surface area contributed by atoms with Gasteiger partial charge in [-0.3, -0.25) is 19.6 Å². The second-order valence-corrected chi connectivity index (χ2v) is 7.61. The largest absolute Gasteiger partial charge is 0.398 e. The lowest BCUT2D eigenvalue weighted by Crippen LogP contribution is -2.29. The average molecular weight is 400 g/mol. The predicted octanol–water partition coefficient (Wildman–Crippen LogP) is 4.21. The molecular formula is C22H16N4O2S. The number of nitrogen functional groups attached to an aromatic ring is 1. The highest BCUT2D eigenvalue weighted by Crippen LogP contribution is 2.38. The number of nitrogens with zero attached hydrogens (tertiary/aromatic N) is 2. The van der Waals surface area contributed by atoms with Crippen molar-refractivity contribution in [3.8, 4) is 22.4 Å². The summed E-state index contributed by atoms with van der Waals surface area (Å²) in [6, 6.07) is 11.7. The van der Waals surface area contributed by atoms with Gasteiger partial charge in [0.15, 0.2) is 0 Å². The van der Waals surface area contributed by atoms with Crippen LogP contribution < -0.4 is 5.73 Å². The molecule has 5 rings (SSSR count). The van der Waals surface area contributed by atoms with E-state index in [1.807, 2.05) is 29.6 Å². The van der Waals surface area contributed by atoms with Crippen LogP contribution in [-0.2, 0) is 11.3 Å².